The molecule has 0 unspecified atom stereocenters. The fourth-order valence-corrected chi connectivity index (χ4v) is 4.73. The van der Waals surface area contributed by atoms with Crippen molar-refractivity contribution >= 4 is 33.1 Å². The SMILES string of the molecule is Cc1cccc(C)c1NC(=O)Cn1nnc2sc3c(c2c1=O)CCCC3. The van der Waals surface area contributed by atoms with Gasteiger partial charge in [-0.3, -0.25) is 9.59 Å². The van der Waals surface area contributed by atoms with Crippen LogP contribution in [0.1, 0.15) is 34.4 Å². The molecule has 2 heterocycles. The molecule has 2 aromatic heterocycles. The lowest BCUT2D eigenvalue weighted by Crippen LogP contribution is -2.31. The van der Waals surface area contributed by atoms with Crippen LogP contribution in [0, 0.1) is 13.8 Å². The third kappa shape index (κ3) is 2.92. The Morgan fingerprint density at radius 3 is 2.73 bits per heavy atom. The van der Waals surface area contributed by atoms with Gasteiger partial charge in [0.05, 0.1) is 5.39 Å². The Hall–Kier alpha value is -2.54. The minimum atomic E-state index is -0.276. The van der Waals surface area contributed by atoms with Gasteiger partial charge in [-0.25, -0.2) is 4.68 Å². The fourth-order valence-electron chi connectivity index (χ4n) is 3.54. The molecule has 1 aliphatic carbocycles. The number of aromatic nitrogens is 3. The number of benzene rings is 1. The average Bonchev–Trinajstić information content (AvgIpc) is 3.00. The molecule has 4 rings (SSSR count). The third-order valence-corrected chi connectivity index (χ3v) is 6.06. The number of thiophene rings is 1. The predicted octanol–water partition coefficient (Wildman–Crippen LogP) is 2.99. The standard InChI is InChI=1S/C19H20N4O2S/c1-11-6-5-7-12(2)17(11)20-15(24)10-23-19(25)16-13-8-3-4-9-14(13)26-18(16)21-22-23/h5-7H,3-4,8-10H2,1-2H3,(H,20,24). The van der Waals surface area contributed by atoms with Gasteiger partial charge in [-0.2, -0.15) is 0 Å². The topological polar surface area (TPSA) is 76.9 Å². The summed E-state index contributed by atoms with van der Waals surface area (Å²) in [5, 5.41) is 11.7. The summed E-state index contributed by atoms with van der Waals surface area (Å²) in [4.78, 5) is 27.3. The van der Waals surface area contributed by atoms with Crippen LogP contribution in [0.15, 0.2) is 23.0 Å². The molecule has 1 aliphatic rings. The number of amides is 1. The molecule has 0 aliphatic heterocycles. The fraction of sp³-hybridized carbons (Fsp3) is 0.368. The van der Waals surface area contributed by atoms with Crippen LogP contribution in [-0.2, 0) is 24.2 Å². The van der Waals surface area contributed by atoms with Crippen molar-refractivity contribution in [3.63, 3.8) is 0 Å². The van der Waals surface area contributed by atoms with Crippen molar-refractivity contribution in [1.29, 1.82) is 0 Å². The Balaban J connectivity index is 1.64. The molecule has 0 radical (unpaired) electrons. The number of aryl methyl sites for hydroxylation is 4. The van der Waals surface area contributed by atoms with Gasteiger partial charge in [0, 0.05) is 10.6 Å². The zero-order chi connectivity index (χ0) is 18.3. The van der Waals surface area contributed by atoms with E-state index < -0.39 is 0 Å². The molecule has 1 aromatic carbocycles. The van der Waals surface area contributed by atoms with E-state index in [9.17, 15) is 9.59 Å². The Kier molecular flexibility index (Phi) is 4.32. The first-order valence-corrected chi connectivity index (χ1v) is 9.60. The molecule has 7 heteroatoms. The number of hydrogen-bond donors (Lipinski definition) is 1. The molecular formula is C19H20N4O2S. The highest BCUT2D eigenvalue weighted by molar-refractivity contribution is 7.18. The maximum atomic E-state index is 12.9. The number of nitrogens with zero attached hydrogens (tertiary/aromatic N) is 3. The van der Waals surface area contributed by atoms with E-state index in [0.717, 1.165) is 48.1 Å². The van der Waals surface area contributed by atoms with Crippen LogP contribution in [0.4, 0.5) is 5.69 Å². The summed E-state index contributed by atoms with van der Waals surface area (Å²) in [5.41, 5.74) is 3.65. The van der Waals surface area contributed by atoms with Crippen LogP contribution in [0.2, 0.25) is 0 Å². The summed E-state index contributed by atoms with van der Waals surface area (Å²) in [6.45, 7) is 3.75. The molecule has 1 amide bonds. The van der Waals surface area contributed by atoms with E-state index in [1.54, 1.807) is 11.3 Å². The maximum Gasteiger partial charge on any atom is 0.279 e. The number of rotatable bonds is 3. The van der Waals surface area contributed by atoms with Crippen molar-refractivity contribution in [3.8, 4) is 0 Å². The molecule has 0 atom stereocenters. The number of anilines is 1. The Morgan fingerprint density at radius 1 is 1.23 bits per heavy atom. The zero-order valence-electron chi connectivity index (χ0n) is 14.8. The van der Waals surface area contributed by atoms with Crippen molar-refractivity contribution in [3.05, 3.63) is 50.1 Å². The van der Waals surface area contributed by atoms with Crippen LogP contribution in [-0.4, -0.2) is 20.9 Å². The molecule has 0 saturated carbocycles. The van der Waals surface area contributed by atoms with E-state index in [-0.39, 0.29) is 18.0 Å². The van der Waals surface area contributed by atoms with Crippen LogP contribution < -0.4 is 10.9 Å². The highest BCUT2D eigenvalue weighted by Crippen LogP contribution is 2.33. The van der Waals surface area contributed by atoms with Crippen molar-refractivity contribution in [2.75, 3.05) is 5.32 Å². The number of carbonyl (C=O) groups excluding carboxylic acids is 1. The molecule has 0 bridgehead atoms. The maximum absolute atomic E-state index is 12.9. The molecule has 0 saturated heterocycles. The van der Waals surface area contributed by atoms with E-state index in [1.165, 1.54) is 9.56 Å². The summed E-state index contributed by atoms with van der Waals surface area (Å²) >= 11 is 1.56. The van der Waals surface area contributed by atoms with Gasteiger partial charge >= 0.3 is 0 Å². The van der Waals surface area contributed by atoms with E-state index >= 15 is 0 Å². The van der Waals surface area contributed by atoms with Gasteiger partial charge in [0.1, 0.15) is 6.54 Å². The Morgan fingerprint density at radius 2 is 1.96 bits per heavy atom. The predicted molar refractivity (Wildman–Crippen MR) is 103 cm³/mol. The van der Waals surface area contributed by atoms with Gasteiger partial charge in [-0.15, -0.1) is 16.4 Å². The Labute approximate surface area is 154 Å². The summed E-state index contributed by atoms with van der Waals surface area (Å²) < 4.78 is 1.17. The number of nitrogens with one attached hydrogen (secondary N) is 1. The molecule has 3 aromatic rings. The summed E-state index contributed by atoms with van der Waals surface area (Å²) in [7, 11) is 0. The number of fused-ring (bicyclic) bond motifs is 3. The van der Waals surface area contributed by atoms with E-state index in [2.05, 4.69) is 15.6 Å². The second-order valence-corrected chi connectivity index (χ2v) is 7.84. The third-order valence-electron chi connectivity index (χ3n) is 4.88. The molecule has 1 N–H and O–H groups in total. The van der Waals surface area contributed by atoms with Crippen LogP contribution in [0.5, 0.6) is 0 Å². The van der Waals surface area contributed by atoms with Crippen LogP contribution >= 0.6 is 11.3 Å². The molecule has 26 heavy (non-hydrogen) atoms. The highest BCUT2D eigenvalue weighted by Gasteiger charge is 2.21. The first-order chi connectivity index (χ1) is 12.5. The van der Waals surface area contributed by atoms with Crippen LogP contribution in [0.25, 0.3) is 10.2 Å². The molecule has 0 spiro atoms. The van der Waals surface area contributed by atoms with Gasteiger partial charge in [0.15, 0.2) is 4.83 Å². The summed E-state index contributed by atoms with van der Waals surface area (Å²) in [5.74, 6) is -0.276. The smallest absolute Gasteiger partial charge is 0.279 e. The largest absolute Gasteiger partial charge is 0.324 e. The monoisotopic (exact) mass is 368 g/mol. The number of hydrogen-bond acceptors (Lipinski definition) is 5. The van der Waals surface area contributed by atoms with Gasteiger partial charge < -0.3 is 5.32 Å². The van der Waals surface area contributed by atoms with Gasteiger partial charge in [0.2, 0.25) is 5.91 Å². The van der Waals surface area contributed by atoms with Gasteiger partial charge in [0.25, 0.3) is 5.56 Å². The lowest BCUT2D eigenvalue weighted by Gasteiger charge is -2.12. The van der Waals surface area contributed by atoms with Crippen molar-refractivity contribution in [1.82, 2.24) is 15.0 Å². The molecular weight excluding hydrogens is 348 g/mol. The number of carbonyl (C=O) groups is 1. The first-order valence-electron chi connectivity index (χ1n) is 8.78. The van der Waals surface area contributed by atoms with E-state index in [1.807, 2.05) is 32.0 Å². The highest BCUT2D eigenvalue weighted by atomic mass is 32.1. The molecule has 134 valence electrons. The lowest BCUT2D eigenvalue weighted by atomic mass is 9.97. The molecule has 6 nitrogen and oxygen atoms in total. The van der Waals surface area contributed by atoms with Gasteiger partial charge in [-0.05, 0) is 56.2 Å². The summed E-state index contributed by atoms with van der Waals surface area (Å²) in [6, 6.07) is 5.83. The van der Waals surface area contributed by atoms with Crippen molar-refractivity contribution in [2.24, 2.45) is 0 Å². The van der Waals surface area contributed by atoms with Crippen LogP contribution in [0.3, 0.4) is 0 Å². The minimum Gasteiger partial charge on any atom is -0.324 e. The number of para-hydroxylation sites is 1. The average molecular weight is 368 g/mol. The Bertz CT molecular complexity index is 1050. The first kappa shape index (κ1) is 16.9. The van der Waals surface area contributed by atoms with Gasteiger partial charge in [-0.1, -0.05) is 23.4 Å². The molecule has 0 fully saturated rings. The second kappa shape index (κ2) is 6.64. The minimum absolute atomic E-state index is 0.139. The summed E-state index contributed by atoms with van der Waals surface area (Å²) in [6.07, 6.45) is 4.15. The van der Waals surface area contributed by atoms with Crippen molar-refractivity contribution in [2.45, 2.75) is 46.1 Å². The zero-order valence-corrected chi connectivity index (χ0v) is 15.7. The normalized spacial score (nSPS) is 13.6. The van der Waals surface area contributed by atoms with E-state index in [0.29, 0.717) is 10.2 Å². The second-order valence-electron chi connectivity index (χ2n) is 6.76. The van der Waals surface area contributed by atoms with Crippen molar-refractivity contribution < 1.29 is 4.79 Å². The quantitative estimate of drug-likeness (QED) is 0.771. The van der Waals surface area contributed by atoms with E-state index in [4.69, 9.17) is 0 Å². The lowest BCUT2D eigenvalue weighted by molar-refractivity contribution is -0.117.